The van der Waals surface area contributed by atoms with Crippen molar-refractivity contribution in [2.75, 3.05) is 5.32 Å². The van der Waals surface area contributed by atoms with Crippen molar-refractivity contribution in [3.63, 3.8) is 0 Å². The van der Waals surface area contributed by atoms with Crippen molar-refractivity contribution in [2.24, 2.45) is 7.05 Å². The maximum atomic E-state index is 13.1. The molecular formula is C23H18N2O4S. The van der Waals surface area contributed by atoms with E-state index in [2.05, 4.69) is 5.32 Å². The summed E-state index contributed by atoms with van der Waals surface area (Å²) in [5.74, 6) is -1.29. The van der Waals surface area contributed by atoms with Crippen LogP contribution in [0, 0.1) is 6.92 Å². The number of hydrogen-bond donors (Lipinski definition) is 1. The quantitative estimate of drug-likeness (QED) is 0.499. The van der Waals surface area contributed by atoms with Crippen LogP contribution in [0.15, 0.2) is 70.8 Å². The number of aromatic nitrogens is 1. The van der Waals surface area contributed by atoms with Gasteiger partial charge in [-0.15, -0.1) is 11.3 Å². The topological polar surface area (TPSA) is 77.4 Å². The van der Waals surface area contributed by atoms with Crippen molar-refractivity contribution in [3.8, 4) is 5.75 Å². The fourth-order valence-electron chi connectivity index (χ4n) is 3.18. The molecule has 0 radical (unpaired) electrons. The number of rotatable bonds is 4. The number of para-hydroxylation sites is 1. The van der Waals surface area contributed by atoms with E-state index in [0.717, 1.165) is 5.56 Å². The van der Waals surface area contributed by atoms with Gasteiger partial charge in [-0.3, -0.25) is 9.59 Å². The van der Waals surface area contributed by atoms with E-state index in [9.17, 15) is 14.4 Å². The Balaban J connectivity index is 1.88. The minimum atomic E-state index is -0.635. The third-order valence-corrected chi connectivity index (χ3v) is 5.87. The van der Waals surface area contributed by atoms with E-state index in [1.165, 1.54) is 15.9 Å². The highest BCUT2D eigenvalue weighted by atomic mass is 32.1. The second-order valence-corrected chi connectivity index (χ2v) is 7.60. The van der Waals surface area contributed by atoms with Gasteiger partial charge in [-0.1, -0.05) is 36.4 Å². The Morgan fingerprint density at radius 2 is 1.63 bits per heavy atom. The highest BCUT2D eigenvalue weighted by molar-refractivity contribution is 7.17. The van der Waals surface area contributed by atoms with Gasteiger partial charge in [0, 0.05) is 12.7 Å². The Hall–Kier alpha value is -3.71. The number of pyridine rings is 1. The first-order chi connectivity index (χ1) is 14.5. The van der Waals surface area contributed by atoms with Gasteiger partial charge in [0.1, 0.15) is 10.4 Å². The van der Waals surface area contributed by atoms with Crippen LogP contribution < -0.4 is 15.6 Å². The van der Waals surface area contributed by atoms with Crippen LogP contribution in [0.1, 0.15) is 26.3 Å². The van der Waals surface area contributed by atoms with Gasteiger partial charge in [0.15, 0.2) is 5.75 Å². The first-order valence-corrected chi connectivity index (χ1v) is 10.1. The van der Waals surface area contributed by atoms with Crippen LogP contribution in [0.3, 0.4) is 0 Å². The number of nitrogens with one attached hydrogen (secondary N) is 1. The van der Waals surface area contributed by atoms with Crippen molar-refractivity contribution in [1.29, 1.82) is 0 Å². The number of esters is 1. The van der Waals surface area contributed by atoms with Crippen LogP contribution in [-0.4, -0.2) is 16.4 Å². The molecule has 0 atom stereocenters. The third kappa shape index (κ3) is 3.51. The molecule has 0 aliphatic rings. The summed E-state index contributed by atoms with van der Waals surface area (Å²) < 4.78 is 7.08. The molecule has 0 saturated carbocycles. The molecule has 0 aliphatic heterocycles. The van der Waals surface area contributed by atoms with Crippen molar-refractivity contribution >= 4 is 39.1 Å². The Kier molecular flexibility index (Phi) is 5.20. The normalized spacial score (nSPS) is 10.7. The standard InChI is InChI=1S/C23H18N2O4S/c1-14-13-30-22-17(14)19(29-23(28)15-9-5-3-6-10-15)18(21(27)25(22)2)20(26)24-16-11-7-4-8-12-16/h3-13H,1-2H3,(H,24,26). The lowest BCUT2D eigenvalue weighted by Crippen LogP contribution is -2.29. The number of ether oxygens (including phenoxy) is 1. The molecule has 4 aromatic rings. The van der Waals surface area contributed by atoms with Gasteiger partial charge in [-0.05, 0) is 42.1 Å². The molecule has 0 bridgehead atoms. The van der Waals surface area contributed by atoms with Crippen LogP contribution >= 0.6 is 11.3 Å². The van der Waals surface area contributed by atoms with Gasteiger partial charge in [-0.25, -0.2) is 4.79 Å². The Labute approximate surface area is 176 Å². The second kappa shape index (κ2) is 7.96. The zero-order chi connectivity index (χ0) is 21.3. The molecule has 2 heterocycles. The maximum Gasteiger partial charge on any atom is 0.343 e. The average Bonchev–Trinajstić information content (AvgIpc) is 3.15. The van der Waals surface area contributed by atoms with Crippen LogP contribution in [0.25, 0.3) is 10.2 Å². The van der Waals surface area contributed by atoms with Crippen LogP contribution in [0.5, 0.6) is 5.75 Å². The Bertz CT molecular complexity index is 1310. The van der Waals surface area contributed by atoms with E-state index in [0.29, 0.717) is 21.5 Å². The number of anilines is 1. The second-order valence-electron chi connectivity index (χ2n) is 6.74. The maximum absolute atomic E-state index is 13.1. The Morgan fingerprint density at radius 3 is 2.30 bits per heavy atom. The minimum Gasteiger partial charge on any atom is -0.421 e. The SMILES string of the molecule is Cc1csc2c1c(OC(=O)c1ccccc1)c(C(=O)Nc1ccccc1)c(=O)n2C. The lowest BCUT2D eigenvalue weighted by molar-refractivity contribution is 0.0735. The summed E-state index contributed by atoms with van der Waals surface area (Å²) in [6.07, 6.45) is 0. The molecule has 2 aromatic carbocycles. The number of aryl methyl sites for hydroxylation is 2. The molecule has 0 spiro atoms. The van der Waals surface area contributed by atoms with Gasteiger partial charge in [0.05, 0.1) is 10.9 Å². The van der Waals surface area contributed by atoms with E-state index in [4.69, 9.17) is 4.74 Å². The summed E-state index contributed by atoms with van der Waals surface area (Å²) in [6.45, 7) is 1.85. The third-order valence-electron chi connectivity index (χ3n) is 4.70. The van der Waals surface area contributed by atoms with Crippen LogP contribution in [0.2, 0.25) is 0 Å². The lowest BCUT2D eigenvalue weighted by Gasteiger charge is -2.14. The predicted molar refractivity (Wildman–Crippen MR) is 118 cm³/mol. The number of benzene rings is 2. The fourth-order valence-corrected chi connectivity index (χ4v) is 4.20. The number of carbonyl (C=O) groups excluding carboxylic acids is 2. The summed E-state index contributed by atoms with van der Waals surface area (Å²) in [5.41, 5.74) is 0.934. The lowest BCUT2D eigenvalue weighted by atomic mass is 10.1. The highest BCUT2D eigenvalue weighted by Crippen LogP contribution is 2.35. The molecule has 4 rings (SSSR count). The highest BCUT2D eigenvalue weighted by Gasteiger charge is 2.27. The molecular weight excluding hydrogens is 400 g/mol. The van der Waals surface area contributed by atoms with E-state index in [-0.39, 0.29) is 11.3 Å². The summed E-state index contributed by atoms with van der Waals surface area (Å²) >= 11 is 1.36. The van der Waals surface area contributed by atoms with Gasteiger partial charge < -0.3 is 14.6 Å². The van der Waals surface area contributed by atoms with E-state index in [1.807, 2.05) is 18.4 Å². The van der Waals surface area contributed by atoms with E-state index in [1.54, 1.807) is 61.6 Å². The average molecular weight is 418 g/mol. The number of fused-ring (bicyclic) bond motifs is 1. The molecule has 0 aliphatic carbocycles. The zero-order valence-electron chi connectivity index (χ0n) is 16.3. The smallest absolute Gasteiger partial charge is 0.343 e. The van der Waals surface area contributed by atoms with Gasteiger partial charge in [0.2, 0.25) is 0 Å². The van der Waals surface area contributed by atoms with Crippen molar-refractivity contribution in [3.05, 3.63) is 93.1 Å². The summed E-state index contributed by atoms with van der Waals surface area (Å²) in [6, 6.07) is 17.3. The molecule has 7 heteroatoms. The zero-order valence-corrected chi connectivity index (χ0v) is 17.2. The number of amides is 1. The van der Waals surface area contributed by atoms with Gasteiger partial charge in [-0.2, -0.15) is 0 Å². The minimum absolute atomic E-state index is 0.0193. The summed E-state index contributed by atoms with van der Waals surface area (Å²) in [4.78, 5) is 39.6. The monoisotopic (exact) mass is 418 g/mol. The van der Waals surface area contributed by atoms with Crippen LogP contribution in [0.4, 0.5) is 5.69 Å². The molecule has 1 amide bonds. The molecule has 30 heavy (non-hydrogen) atoms. The molecule has 6 nitrogen and oxygen atoms in total. The molecule has 0 unspecified atom stereocenters. The fraction of sp³-hybridized carbons (Fsp3) is 0.0870. The van der Waals surface area contributed by atoms with Gasteiger partial charge >= 0.3 is 5.97 Å². The van der Waals surface area contributed by atoms with E-state index >= 15 is 0 Å². The summed E-state index contributed by atoms with van der Waals surface area (Å²) in [5, 5.41) is 5.15. The molecule has 0 fully saturated rings. The number of hydrogen-bond acceptors (Lipinski definition) is 5. The number of carbonyl (C=O) groups is 2. The molecule has 0 saturated heterocycles. The Morgan fingerprint density at radius 1 is 1.00 bits per heavy atom. The summed E-state index contributed by atoms with van der Waals surface area (Å²) in [7, 11) is 1.60. The van der Waals surface area contributed by atoms with E-state index < -0.39 is 17.4 Å². The molecule has 2 aromatic heterocycles. The van der Waals surface area contributed by atoms with Crippen molar-refractivity contribution < 1.29 is 14.3 Å². The van der Waals surface area contributed by atoms with Gasteiger partial charge in [0.25, 0.3) is 11.5 Å². The largest absolute Gasteiger partial charge is 0.421 e. The van der Waals surface area contributed by atoms with Crippen molar-refractivity contribution in [2.45, 2.75) is 6.92 Å². The van der Waals surface area contributed by atoms with Crippen molar-refractivity contribution in [1.82, 2.24) is 4.57 Å². The molecule has 150 valence electrons. The number of nitrogens with zero attached hydrogens (tertiary/aromatic N) is 1. The first-order valence-electron chi connectivity index (χ1n) is 9.21. The predicted octanol–water partition coefficient (Wildman–Crippen LogP) is 4.38. The van der Waals surface area contributed by atoms with Crippen LogP contribution in [-0.2, 0) is 7.05 Å². The first kappa shape index (κ1) is 19.6. The molecule has 1 N–H and O–H groups in total. The number of thiophene rings is 1.